The van der Waals surface area contributed by atoms with Crippen molar-refractivity contribution in [2.75, 3.05) is 0 Å². The SMILES string of the molecule is CC(C)Cn1ncnc1CC1CCC2CCCC2N1. The van der Waals surface area contributed by atoms with E-state index in [0.717, 1.165) is 30.7 Å². The molecule has 0 bridgehead atoms. The third kappa shape index (κ3) is 2.99. The summed E-state index contributed by atoms with van der Waals surface area (Å²) >= 11 is 0. The molecule has 4 heteroatoms. The minimum Gasteiger partial charge on any atom is -0.311 e. The summed E-state index contributed by atoms with van der Waals surface area (Å²) in [5, 5.41) is 8.22. The van der Waals surface area contributed by atoms with Crippen LogP contribution in [-0.2, 0) is 13.0 Å². The number of aromatic nitrogens is 3. The van der Waals surface area contributed by atoms with Crippen molar-refractivity contribution >= 4 is 0 Å². The summed E-state index contributed by atoms with van der Waals surface area (Å²) in [4.78, 5) is 4.46. The fraction of sp³-hybridized carbons (Fsp3) is 0.867. The molecule has 2 heterocycles. The molecule has 3 unspecified atom stereocenters. The van der Waals surface area contributed by atoms with E-state index in [0.29, 0.717) is 12.0 Å². The number of hydrogen-bond acceptors (Lipinski definition) is 3. The first-order chi connectivity index (χ1) is 9.22. The molecule has 19 heavy (non-hydrogen) atoms. The molecule has 0 spiro atoms. The zero-order valence-electron chi connectivity index (χ0n) is 12.2. The molecule has 106 valence electrons. The molecule has 1 N–H and O–H groups in total. The molecule has 4 nitrogen and oxygen atoms in total. The second-order valence-electron chi connectivity index (χ2n) is 6.69. The standard InChI is InChI=1S/C15H26N4/c1-11(2)9-19-15(16-10-17-19)8-13-7-6-12-4-3-5-14(12)18-13/h10-14,18H,3-9H2,1-2H3. The summed E-state index contributed by atoms with van der Waals surface area (Å²) in [6.07, 6.45) is 9.68. The van der Waals surface area contributed by atoms with Crippen LogP contribution in [0.3, 0.4) is 0 Å². The lowest BCUT2D eigenvalue weighted by Crippen LogP contribution is -2.46. The van der Waals surface area contributed by atoms with Crippen LogP contribution in [0, 0.1) is 11.8 Å². The van der Waals surface area contributed by atoms with Gasteiger partial charge in [-0.2, -0.15) is 5.10 Å². The second kappa shape index (κ2) is 5.61. The molecule has 0 amide bonds. The van der Waals surface area contributed by atoms with E-state index in [9.17, 15) is 0 Å². The van der Waals surface area contributed by atoms with Gasteiger partial charge < -0.3 is 5.32 Å². The highest BCUT2D eigenvalue weighted by Gasteiger charge is 2.33. The van der Waals surface area contributed by atoms with Crippen LogP contribution in [0.15, 0.2) is 6.33 Å². The van der Waals surface area contributed by atoms with E-state index in [4.69, 9.17) is 0 Å². The van der Waals surface area contributed by atoms with Gasteiger partial charge in [-0.3, -0.25) is 0 Å². The van der Waals surface area contributed by atoms with Crippen LogP contribution >= 0.6 is 0 Å². The van der Waals surface area contributed by atoms with Crippen LogP contribution in [0.4, 0.5) is 0 Å². The van der Waals surface area contributed by atoms with Crippen LogP contribution in [-0.4, -0.2) is 26.8 Å². The highest BCUT2D eigenvalue weighted by atomic mass is 15.3. The first kappa shape index (κ1) is 13.1. The van der Waals surface area contributed by atoms with Crippen LogP contribution in [0.5, 0.6) is 0 Å². The first-order valence-electron chi connectivity index (χ1n) is 7.85. The summed E-state index contributed by atoms with van der Waals surface area (Å²) < 4.78 is 2.09. The average molecular weight is 262 g/mol. The quantitative estimate of drug-likeness (QED) is 0.906. The number of piperidine rings is 1. The predicted molar refractivity (Wildman–Crippen MR) is 75.9 cm³/mol. The van der Waals surface area contributed by atoms with Crippen LogP contribution in [0.2, 0.25) is 0 Å². The van der Waals surface area contributed by atoms with E-state index < -0.39 is 0 Å². The van der Waals surface area contributed by atoms with Crippen molar-refractivity contribution in [3.8, 4) is 0 Å². The Morgan fingerprint density at radius 2 is 2.21 bits per heavy atom. The molecular formula is C15H26N4. The van der Waals surface area contributed by atoms with Gasteiger partial charge in [-0.1, -0.05) is 20.3 Å². The number of hydrogen-bond donors (Lipinski definition) is 1. The highest BCUT2D eigenvalue weighted by Crippen LogP contribution is 2.34. The van der Waals surface area contributed by atoms with Gasteiger partial charge in [-0.05, 0) is 37.5 Å². The zero-order valence-corrected chi connectivity index (χ0v) is 12.2. The maximum Gasteiger partial charge on any atom is 0.138 e. The van der Waals surface area contributed by atoms with Crippen molar-refractivity contribution in [1.29, 1.82) is 0 Å². The van der Waals surface area contributed by atoms with Gasteiger partial charge in [0.15, 0.2) is 0 Å². The van der Waals surface area contributed by atoms with Crippen LogP contribution in [0.25, 0.3) is 0 Å². The van der Waals surface area contributed by atoms with E-state index in [1.54, 1.807) is 6.33 Å². The minimum atomic E-state index is 0.606. The number of fused-ring (bicyclic) bond motifs is 1. The Kier molecular flexibility index (Phi) is 3.87. The third-order valence-corrected chi connectivity index (χ3v) is 4.66. The van der Waals surface area contributed by atoms with E-state index in [1.165, 1.54) is 32.1 Å². The Balaban J connectivity index is 1.60. The molecule has 3 rings (SSSR count). The first-order valence-corrected chi connectivity index (χ1v) is 7.85. The molecule has 3 atom stereocenters. The minimum absolute atomic E-state index is 0.606. The normalized spacial score (nSPS) is 30.8. The molecule has 1 saturated carbocycles. The fourth-order valence-electron chi connectivity index (χ4n) is 3.73. The topological polar surface area (TPSA) is 42.7 Å². The summed E-state index contributed by atoms with van der Waals surface area (Å²) in [5.41, 5.74) is 0. The summed E-state index contributed by atoms with van der Waals surface area (Å²) in [7, 11) is 0. The average Bonchev–Trinajstić information content (AvgIpc) is 2.98. The van der Waals surface area contributed by atoms with Crippen molar-refractivity contribution < 1.29 is 0 Å². The van der Waals surface area contributed by atoms with Crippen molar-refractivity contribution in [3.05, 3.63) is 12.2 Å². The highest BCUT2D eigenvalue weighted by molar-refractivity contribution is 4.96. The maximum absolute atomic E-state index is 4.46. The van der Waals surface area contributed by atoms with Crippen molar-refractivity contribution in [2.45, 2.75) is 71.0 Å². The Bertz CT molecular complexity index is 412. The van der Waals surface area contributed by atoms with Gasteiger partial charge in [-0.25, -0.2) is 9.67 Å². The van der Waals surface area contributed by atoms with Gasteiger partial charge in [0.1, 0.15) is 12.2 Å². The molecule has 1 aromatic rings. The molecule has 1 aliphatic heterocycles. The number of rotatable bonds is 4. The molecule has 1 aromatic heterocycles. The Labute approximate surface area is 116 Å². The third-order valence-electron chi connectivity index (χ3n) is 4.66. The fourth-order valence-corrected chi connectivity index (χ4v) is 3.73. The van der Waals surface area contributed by atoms with E-state index in [2.05, 4.69) is 33.9 Å². The van der Waals surface area contributed by atoms with Crippen molar-refractivity contribution in [3.63, 3.8) is 0 Å². The zero-order chi connectivity index (χ0) is 13.2. The van der Waals surface area contributed by atoms with E-state index >= 15 is 0 Å². The Morgan fingerprint density at radius 1 is 1.32 bits per heavy atom. The van der Waals surface area contributed by atoms with Gasteiger partial charge in [0, 0.05) is 25.0 Å². The molecule has 0 aromatic carbocycles. The molecule has 1 aliphatic carbocycles. The monoisotopic (exact) mass is 262 g/mol. The summed E-state index contributed by atoms with van der Waals surface area (Å²) in [5.74, 6) is 2.73. The van der Waals surface area contributed by atoms with E-state index in [-0.39, 0.29) is 0 Å². The molecule has 2 fully saturated rings. The Morgan fingerprint density at radius 3 is 3.05 bits per heavy atom. The van der Waals surface area contributed by atoms with Gasteiger partial charge >= 0.3 is 0 Å². The smallest absolute Gasteiger partial charge is 0.138 e. The predicted octanol–water partition coefficient (Wildman–Crippen LogP) is 2.40. The number of nitrogens with one attached hydrogen (secondary N) is 1. The van der Waals surface area contributed by atoms with Crippen molar-refractivity contribution in [1.82, 2.24) is 20.1 Å². The number of nitrogens with zero attached hydrogens (tertiary/aromatic N) is 3. The van der Waals surface area contributed by atoms with E-state index in [1.807, 2.05) is 0 Å². The van der Waals surface area contributed by atoms with Gasteiger partial charge in [0.05, 0.1) is 0 Å². The molecule has 2 aliphatic rings. The molecular weight excluding hydrogens is 236 g/mol. The second-order valence-corrected chi connectivity index (χ2v) is 6.69. The molecule has 0 radical (unpaired) electrons. The Hall–Kier alpha value is -0.900. The van der Waals surface area contributed by atoms with Gasteiger partial charge in [0.2, 0.25) is 0 Å². The maximum atomic E-state index is 4.46. The van der Waals surface area contributed by atoms with Crippen LogP contribution in [0.1, 0.15) is 51.8 Å². The lowest BCUT2D eigenvalue weighted by Gasteiger charge is -2.33. The largest absolute Gasteiger partial charge is 0.311 e. The van der Waals surface area contributed by atoms with Gasteiger partial charge in [0.25, 0.3) is 0 Å². The lowest BCUT2D eigenvalue weighted by molar-refractivity contribution is 0.253. The summed E-state index contributed by atoms with van der Waals surface area (Å²) in [6.45, 7) is 5.44. The summed E-state index contributed by atoms with van der Waals surface area (Å²) in [6, 6.07) is 1.38. The van der Waals surface area contributed by atoms with Gasteiger partial charge in [-0.15, -0.1) is 0 Å². The van der Waals surface area contributed by atoms with Crippen LogP contribution < -0.4 is 5.32 Å². The lowest BCUT2D eigenvalue weighted by atomic mass is 9.88. The molecule has 1 saturated heterocycles. The van der Waals surface area contributed by atoms with Crippen molar-refractivity contribution in [2.24, 2.45) is 11.8 Å².